The van der Waals surface area contributed by atoms with E-state index in [1.807, 2.05) is 0 Å². The lowest BCUT2D eigenvalue weighted by molar-refractivity contribution is -0.140. The van der Waals surface area contributed by atoms with E-state index in [1.54, 1.807) is 0 Å². The van der Waals surface area contributed by atoms with Crippen LogP contribution in [0.3, 0.4) is 0 Å². The minimum absolute atomic E-state index is 0.00407. The second-order valence-corrected chi connectivity index (χ2v) is 5.14. The van der Waals surface area contributed by atoms with Crippen LogP contribution in [-0.2, 0) is 19.6 Å². The molecular weight excluding hydrogens is 222 g/mol. The molecule has 0 heterocycles. The van der Waals surface area contributed by atoms with Crippen molar-refractivity contribution < 1.29 is 23.1 Å². The number of nitrogens with one attached hydrogen (secondary N) is 1. The average Bonchev–Trinajstić information content (AvgIpc) is 2.09. The summed E-state index contributed by atoms with van der Waals surface area (Å²) >= 11 is 0. The third kappa shape index (κ3) is 9.64. The molecule has 7 heteroatoms. The third-order valence-electron chi connectivity index (χ3n) is 1.46. The van der Waals surface area contributed by atoms with E-state index in [0.717, 1.165) is 0 Å². The van der Waals surface area contributed by atoms with Crippen LogP contribution in [0.1, 0.15) is 20.3 Å². The van der Waals surface area contributed by atoms with Crippen LogP contribution in [0.5, 0.6) is 0 Å². The minimum atomic E-state index is -3.38. The first-order chi connectivity index (χ1) is 6.83. The Balaban J connectivity index is 3.70. The second-order valence-electron chi connectivity index (χ2n) is 3.21. The second kappa shape index (κ2) is 6.76. The highest BCUT2D eigenvalue weighted by atomic mass is 32.2. The molecule has 0 radical (unpaired) electrons. The van der Waals surface area contributed by atoms with Gasteiger partial charge in [-0.25, -0.2) is 13.1 Å². The molecule has 0 aliphatic rings. The van der Waals surface area contributed by atoms with E-state index in [-0.39, 0.29) is 25.3 Å². The molecular formula is C8H17NO5S. The zero-order valence-electron chi connectivity index (χ0n) is 8.89. The number of rotatable bonds is 7. The number of sulfonamides is 1. The maximum Gasteiger partial charge on any atom is 0.302 e. The van der Waals surface area contributed by atoms with Crippen LogP contribution in [0, 0.1) is 0 Å². The molecule has 15 heavy (non-hydrogen) atoms. The summed E-state index contributed by atoms with van der Waals surface area (Å²) in [6, 6.07) is 0. The fourth-order valence-electron chi connectivity index (χ4n) is 0.785. The van der Waals surface area contributed by atoms with Gasteiger partial charge < -0.3 is 9.84 Å². The van der Waals surface area contributed by atoms with Crippen molar-refractivity contribution in [1.82, 2.24) is 4.72 Å². The van der Waals surface area contributed by atoms with Gasteiger partial charge in [0.05, 0.1) is 18.5 Å². The SMILES string of the molecule is CC(=O)OCCCS(=O)(=O)NCC(C)O. The van der Waals surface area contributed by atoms with Gasteiger partial charge >= 0.3 is 5.97 Å². The lowest BCUT2D eigenvalue weighted by atomic mass is 10.4. The summed E-state index contributed by atoms with van der Waals surface area (Å²) in [5.74, 6) is -0.545. The summed E-state index contributed by atoms with van der Waals surface area (Å²) in [6.45, 7) is 2.84. The van der Waals surface area contributed by atoms with Gasteiger partial charge in [0.1, 0.15) is 0 Å². The van der Waals surface area contributed by atoms with E-state index in [9.17, 15) is 13.2 Å². The van der Waals surface area contributed by atoms with Gasteiger partial charge in [-0.2, -0.15) is 0 Å². The molecule has 1 atom stereocenters. The molecule has 0 spiro atoms. The molecule has 0 fully saturated rings. The first-order valence-electron chi connectivity index (χ1n) is 4.62. The average molecular weight is 239 g/mol. The Hall–Kier alpha value is -0.660. The highest BCUT2D eigenvalue weighted by molar-refractivity contribution is 7.89. The van der Waals surface area contributed by atoms with Crippen molar-refractivity contribution >= 4 is 16.0 Å². The number of hydrogen-bond donors (Lipinski definition) is 2. The smallest absolute Gasteiger partial charge is 0.302 e. The van der Waals surface area contributed by atoms with E-state index in [1.165, 1.54) is 13.8 Å². The lowest BCUT2D eigenvalue weighted by Gasteiger charge is -2.08. The van der Waals surface area contributed by atoms with Crippen molar-refractivity contribution in [3.63, 3.8) is 0 Å². The van der Waals surface area contributed by atoms with Crippen LogP contribution >= 0.6 is 0 Å². The number of ether oxygens (including phenoxy) is 1. The van der Waals surface area contributed by atoms with Gasteiger partial charge in [-0.15, -0.1) is 0 Å². The van der Waals surface area contributed by atoms with Crippen molar-refractivity contribution in [2.75, 3.05) is 18.9 Å². The van der Waals surface area contributed by atoms with Crippen molar-refractivity contribution in [3.05, 3.63) is 0 Å². The Kier molecular flexibility index (Phi) is 6.46. The third-order valence-corrected chi connectivity index (χ3v) is 2.89. The van der Waals surface area contributed by atoms with Crippen molar-refractivity contribution in [2.24, 2.45) is 0 Å². The summed E-state index contributed by atoms with van der Waals surface area (Å²) in [4.78, 5) is 10.4. The molecule has 0 aliphatic carbocycles. The van der Waals surface area contributed by atoms with Crippen LogP contribution < -0.4 is 4.72 Å². The Morgan fingerprint density at radius 2 is 2.13 bits per heavy atom. The molecule has 0 aromatic rings. The van der Waals surface area contributed by atoms with Gasteiger partial charge in [-0.1, -0.05) is 0 Å². The molecule has 0 aliphatic heterocycles. The van der Waals surface area contributed by atoms with Crippen LogP contribution in [0.2, 0.25) is 0 Å². The van der Waals surface area contributed by atoms with Gasteiger partial charge in [0.25, 0.3) is 0 Å². The number of carbonyl (C=O) groups excluding carboxylic acids is 1. The monoisotopic (exact) mass is 239 g/mol. The van der Waals surface area contributed by atoms with Crippen LogP contribution in [0.25, 0.3) is 0 Å². The maximum atomic E-state index is 11.2. The van der Waals surface area contributed by atoms with Crippen LogP contribution in [-0.4, -0.2) is 44.5 Å². The quantitative estimate of drug-likeness (QED) is 0.450. The van der Waals surface area contributed by atoms with Gasteiger partial charge in [-0.05, 0) is 13.3 Å². The van der Waals surface area contributed by atoms with E-state index >= 15 is 0 Å². The maximum absolute atomic E-state index is 11.2. The van der Waals surface area contributed by atoms with E-state index in [0.29, 0.717) is 0 Å². The highest BCUT2D eigenvalue weighted by Gasteiger charge is 2.10. The molecule has 0 amide bonds. The summed E-state index contributed by atoms with van der Waals surface area (Å²) < 4.78 is 29.2. The molecule has 2 N–H and O–H groups in total. The van der Waals surface area contributed by atoms with Crippen LogP contribution in [0.4, 0.5) is 0 Å². The number of carbonyl (C=O) groups is 1. The highest BCUT2D eigenvalue weighted by Crippen LogP contribution is 1.92. The summed E-state index contributed by atoms with van der Waals surface area (Å²) in [5.41, 5.74) is 0. The molecule has 1 unspecified atom stereocenters. The largest absolute Gasteiger partial charge is 0.466 e. The fourth-order valence-corrected chi connectivity index (χ4v) is 1.92. The zero-order chi connectivity index (χ0) is 11.9. The fraction of sp³-hybridized carbons (Fsp3) is 0.875. The number of esters is 1. The van der Waals surface area contributed by atoms with Crippen LogP contribution in [0.15, 0.2) is 0 Å². The molecule has 0 bridgehead atoms. The normalized spacial score (nSPS) is 13.5. The predicted octanol–water partition coefficient (Wildman–Crippen LogP) is -0.760. The number of hydrogen-bond acceptors (Lipinski definition) is 5. The van der Waals surface area contributed by atoms with Crippen molar-refractivity contribution in [1.29, 1.82) is 0 Å². The standard InChI is InChI=1S/C8H17NO5S/c1-7(10)6-9-15(12,13)5-3-4-14-8(2)11/h7,9-10H,3-6H2,1-2H3. The van der Waals surface area contributed by atoms with Crippen molar-refractivity contribution in [2.45, 2.75) is 26.4 Å². The molecule has 0 aromatic heterocycles. The number of aliphatic hydroxyl groups is 1. The van der Waals surface area contributed by atoms with Gasteiger partial charge in [0.2, 0.25) is 10.0 Å². The predicted molar refractivity (Wildman–Crippen MR) is 54.7 cm³/mol. The molecule has 6 nitrogen and oxygen atoms in total. The molecule has 0 saturated heterocycles. The van der Waals surface area contributed by atoms with Gasteiger partial charge in [-0.3, -0.25) is 4.79 Å². The summed E-state index contributed by atoms with van der Waals surface area (Å²) in [6.07, 6.45) is -0.470. The molecule has 0 aromatic carbocycles. The Morgan fingerprint density at radius 1 is 1.53 bits per heavy atom. The minimum Gasteiger partial charge on any atom is -0.466 e. The van der Waals surface area contributed by atoms with E-state index in [4.69, 9.17) is 5.11 Å². The molecule has 90 valence electrons. The molecule has 0 rings (SSSR count). The van der Waals surface area contributed by atoms with E-state index < -0.39 is 22.1 Å². The Morgan fingerprint density at radius 3 is 2.60 bits per heavy atom. The lowest BCUT2D eigenvalue weighted by Crippen LogP contribution is -2.32. The Labute approximate surface area is 89.7 Å². The van der Waals surface area contributed by atoms with Crippen molar-refractivity contribution in [3.8, 4) is 0 Å². The molecule has 0 saturated carbocycles. The summed E-state index contributed by atoms with van der Waals surface area (Å²) in [5, 5.41) is 8.86. The first kappa shape index (κ1) is 14.3. The number of aliphatic hydroxyl groups excluding tert-OH is 1. The summed E-state index contributed by atoms with van der Waals surface area (Å²) in [7, 11) is -3.38. The topological polar surface area (TPSA) is 92.7 Å². The first-order valence-corrected chi connectivity index (χ1v) is 6.27. The Bertz CT molecular complexity index is 285. The van der Waals surface area contributed by atoms with Gasteiger partial charge in [0.15, 0.2) is 0 Å². The van der Waals surface area contributed by atoms with E-state index in [2.05, 4.69) is 9.46 Å². The van der Waals surface area contributed by atoms with Gasteiger partial charge in [0, 0.05) is 13.5 Å². The zero-order valence-corrected chi connectivity index (χ0v) is 9.71.